The Morgan fingerprint density at radius 3 is 2.41 bits per heavy atom. The van der Waals surface area contributed by atoms with Crippen LogP contribution in [0.5, 0.6) is 0 Å². The molecule has 0 bridgehead atoms. The quantitative estimate of drug-likeness (QED) is 0.806. The lowest BCUT2D eigenvalue weighted by Gasteiger charge is -2.25. The Bertz CT molecular complexity index is 388. The summed E-state index contributed by atoms with van der Waals surface area (Å²) in [5.41, 5.74) is 0.956. The van der Waals surface area contributed by atoms with Crippen molar-refractivity contribution < 1.29 is 9.47 Å². The number of halogens is 1. The third-order valence-corrected chi connectivity index (χ3v) is 3.68. The number of benzene rings is 1. The molecule has 1 aliphatic rings. The highest BCUT2D eigenvalue weighted by molar-refractivity contribution is 6.31. The van der Waals surface area contributed by atoms with Gasteiger partial charge in [0.1, 0.15) is 6.10 Å². The van der Waals surface area contributed by atoms with Gasteiger partial charge in [-0.1, -0.05) is 43.6 Å². The lowest BCUT2D eigenvalue weighted by atomic mass is 10.1. The molecular weight excluding hydrogens is 236 g/mol. The van der Waals surface area contributed by atoms with E-state index in [9.17, 15) is 0 Å². The molecule has 1 radical (unpaired) electrons. The number of hydrogen-bond donors (Lipinski definition) is 0. The number of ether oxygens (including phenoxy) is 2. The molecule has 2 atom stereocenters. The fourth-order valence-electron chi connectivity index (χ4n) is 2.23. The summed E-state index contributed by atoms with van der Waals surface area (Å²) in [6.45, 7) is 8.14. The van der Waals surface area contributed by atoms with Gasteiger partial charge in [-0.25, -0.2) is 0 Å². The zero-order valence-electron chi connectivity index (χ0n) is 10.3. The molecule has 0 aromatic heterocycles. The Morgan fingerprint density at radius 1 is 1.24 bits per heavy atom. The SMILES string of the molecule is [CH2][C@@H]1OC(CC)(CC)O[C@H]1c1ccccc1Cl. The Labute approximate surface area is 108 Å². The van der Waals surface area contributed by atoms with E-state index in [1.807, 2.05) is 24.3 Å². The standard InChI is InChI=1S/C14H18ClO2/c1-4-14(5-2)16-10(3)13(17-14)11-8-6-7-9-12(11)15/h6-10,13H,3-5H2,1-2H3/t10-,13+/m0/s1. The molecule has 17 heavy (non-hydrogen) atoms. The summed E-state index contributed by atoms with van der Waals surface area (Å²) in [6.07, 6.45) is 1.24. The molecule has 0 unspecified atom stereocenters. The summed E-state index contributed by atoms with van der Waals surface area (Å²) in [5.74, 6) is -0.504. The van der Waals surface area contributed by atoms with Crippen molar-refractivity contribution in [2.45, 2.75) is 44.7 Å². The Morgan fingerprint density at radius 2 is 1.88 bits per heavy atom. The Balaban J connectivity index is 2.27. The fourth-order valence-corrected chi connectivity index (χ4v) is 2.47. The smallest absolute Gasteiger partial charge is 0.169 e. The van der Waals surface area contributed by atoms with Gasteiger partial charge in [-0.15, -0.1) is 0 Å². The van der Waals surface area contributed by atoms with E-state index in [4.69, 9.17) is 21.1 Å². The molecule has 93 valence electrons. The van der Waals surface area contributed by atoms with Gasteiger partial charge < -0.3 is 9.47 Å². The maximum Gasteiger partial charge on any atom is 0.169 e. The van der Waals surface area contributed by atoms with Crippen molar-refractivity contribution in [3.05, 3.63) is 41.8 Å². The van der Waals surface area contributed by atoms with Gasteiger partial charge in [-0.3, -0.25) is 0 Å². The van der Waals surface area contributed by atoms with Crippen LogP contribution in [0.2, 0.25) is 5.02 Å². The molecule has 1 aliphatic heterocycles. The highest BCUT2D eigenvalue weighted by atomic mass is 35.5. The van der Waals surface area contributed by atoms with Crippen molar-refractivity contribution in [3.8, 4) is 0 Å². The maximum absolute atomic E-state index is 6.19. The van der Waals surface area contributed by atoms with Crippen LogP contribution < -0.4 is 0 Å². The monoisotopic (exact) mass is 253 g/mol. The van der Waals surface area contributed by atoms with E-state index in [0.29, 0.717) is 5.02 Å². The Hall–Kier alpha value is -0.570. The molecule has 1 saturated heterocycles. The van der Waals surface area contributed by atoms with Gasteiger partial charge in [0.2, 0.25) is 0 Å². The minimum atomic E-state index is -0.504. The lowest BCUT2D eigenvalue weighted by molar-refractivity contribution is -0.177. The second kappa shape index (κ2) is 4.97. The first-order chi connectivity index (χ1) is 8.12. The third-order valence-electron chi connectivity index (χ3n) is 3.33. The molecule has 2 nitrogen and oxygen atoms in total. The molecule has 1 aromatic rings. The van der Waals surface area contributed by atoms with Crippen molar-refractivity contribution in [1.29, 1.82) is 0 Å². The minimum absolute atomic E-state index is 0.177. The van der Waals surface area contributed by atoms with E-state index in [1.54, 1.807) is 0 Å². The van der Waals surface area contributed by atoms with Gasteiger partial charge in [-0.2, -0.15) is 0 Å². The molecule has 1 fully saturated rings. The molecule has 3 heteroatoms. The van der Waals surface area contributed by atoms with Gasteiger partial charge in [0.25, 0.3) is 0 Å². The van der Waals surface area contributed by atoms with E-state index >= 15 is 0 Å². The summed E-state index contributed by atoms with van der Waals surface area (Å²) in [6, 6.07) is 7.70. The maximum atomic E-state index is 6.19. The van der Waals surface area contributed by atoms with Crippen molar-refractivity contribution in [1.82, 2.24) is 0 Å². The molecular formula is C14H18ClO2. The van der Waals surface area contributed by atoms with Crippen molar-refractivity contribution in [3.63, 3.8) is 0 Å². The van der Waals surface area contributed by atoms with E-state index in [-0.39, 0.29) is 12.2 Å². The second-order valence-electron chi connectivity index (χ2n) is 4.33. The predicted octanol–water partition coefficient (Wildman–Crippen LogP) is 4.15. The van der Waals surface area contributed by atoms with Crippen LogP contribution in [0, 0.1) is 6.92 Å². The second-order valence-corrected chi connectivity index (χ2v) is 4.74. The molecule has 1 aromatic carbocycles. The fraction of sp³-hybridized carbons (Fsp3) is 0.500. The lowest BCUT2D eigenvalue weighted by Crippen LogP contribution is -2.28. The summed E-state index contributed by atoms with van der Waals surface area (Å²) < 4.78 is 11.9. The zero-order valence-corrected chi connectivity index (χ0v) is 11.0. The van der Waals surface area contributed by atoms with Gasteiger partial charge in [0.15, 0.2) is 5.79 Å². The minimum Gasteiger partial charge on any atom is -0.344 e. The Kier molecular flexibility index (Phi) is 3.76. The highest BCUT2D eigenvalue weighted by Gasteiger charge is 2.44. The topological polar surface area (TPSA) is 18.5 Å². The first-order valence-electron chi connectivity index (χ1n) is 6.05. The van der Waals surface area contributed by atoms with Crippen LogP contribution in [-0.4, -0.2) is 11.9 Å². The van der Waals surface area contributed by atoms with Crippen LogP contribution in [0.15, 0.2) is 24.3 Å². The average molecular weight is 254 g/mol. The molecule has 0 N–H and O–H groups in total. The molecule has 1 heterocycles. The molecule has 0 spiro atoms. The van der Waals surface area contributed by atoms with Gasteiger partial charge in [0.05, 0.1) is 6.10 Å². The number of hydrogen-bond acceptors (Lipinski definition) is 2. The van der Waals surface area contributed by atoms with Gasteiger partial charge >= 0.3 is 0 Å². The third kappa shape index (κ3) is 2.35. The van der Waals surface area contributed by atoms with Crippen molar-refractivity contribution in [2.24, 2.45) is 0 Å². The van der Waals surface area contributed by atoms with Crippen LogP contribution in [0.4, 0.5) is 0 Å². The number of rotatable bonds is 3. The van der Waals surface area contributed by atoms with Crippen LogP contribution in [0.1, 0.15) is 38.4 Å². The largest absolute Gasteiger partial charge is 0.344 e. The van der Waals surface area contributed by atoms with Gasteiger partial charge in [-0.05, 0) is 25.8 Å². The van der Waals surface area contributed by atoms with Crippen molar-refractivity contribution in [2.75, 3.05) is 0 Å². The predicted molar refractivity (Wildman–Crippen MR) is 68.8 cm³/mol. The first kappa shape index (κ1) is 12.9. The summed E-state index contributed by atoms with van der Waals surface area (Å²) in [7, 11) is 0. The van der Waals surface area contributed by atoms with Crippen LogP contribution >= 0.6 is 11.6 Å². The van der Waals surface area contributed by atoms with Crippen molar-refractivity contribution >= 4 is 11.6 Å². The van der Waals surface area contributed by atoms with Crippen LogP contribution in [0.3, 0.4) is 0 Å². The van der Waals surface area contributed by atoms with Crippen LogP contribution in [0.25, 0.3) is 0 Å². The molecule has 2 rings (SSSR count). The highest BCUT2D eigenvalue weighted by Crippen LogP contribution is 2.43. The summed E-state index contributed by atoms with van der Waals surface area (Å²) >= 11 is 6.19. The first-order valence-corrected chi connectivity index (χ1v) is 6.43. The van der Waals surface area contributed by atoms with E-state index in [2.05, 4.69) is 20.8 Å². The zero-order chi connectivity index (χ0) is 12.5. The van der Waals surface area contributed by atoms with Crippen LogP contribution in [-0.2, 0) is 9.47 Å². The average Bonchev–Trinajstić information content (AvgIpc) is 2.68. The normalized spacial score (nSPS) is 27.3. The molecule has 0 amide bonds. The summed E-state index contributed by atoms with van der Waals surface area (Å²) in [4.78, 5) is 0. The summed E-state index contributed by atoms with van der Waals surface area (Å²) in [5, 5.41) is 0.706. The van der Waals surface area contributed by atoms with E-state index in [0.717, 1.165) is 18.4 Å². The van der Waals surface area contributed by atoms with E-state index < -0.39 is 5.79 Å². The molecule has 0 saturated carbocycles. The molecule has 0 aliphatic carbocycles. The van der Waals surface area contributed by atoms with Gasteiger partial charge in [0, 0.05) is 10.6 Å². The van der Waals surface area contributed by atoms with E-state index in [1.165, 1.54) is 0 Å².